The normalized spacial score (nSPS) is 14.8. The highest BCUT2D eigenvalue weighted by atomic mass is 16.5. The number of pyridine rings is 2. The molecular weight excluding hydrogens is 392 g/mol. The van der Waals surface area contributed by atoms with E-state index in [4.69, 9.17) is 4.74 Å². The number of nitrogens with zero attached hydrogens (tertiary/aromatic N) is 4. The third-order valence-corrected chi connectivity index (χ3v) is 5.83. The van der Waals surface area contributed by atoms with Crippen LogP contribution in [0, 0.1) is 0 Å². The first kappa shape index (κ1) is 21.2. The zero-order valence-corrected chi connectivity index (χ0v) is 17.9. The van der Waals surface area contributed by atoms with Crippen molar-refractivity contribution in [3.8, 4) is 0 Å². The number of aromatic nitrogens is 2. The van der Waals surface area contributed by atoms with Crippen LogP contribution < -0.4 is 5.56 Å². The number of carbonyl (C=O) groups is 1. The summed E-state index contributed by atoms with van der Waals surface area (Å²) in [5.41, 5.74) is 1.57. The van der Waals surface area contributed by atoms with E-state index in [1.54, 1.807) is 23.9 Å². The zero-order valence-electron chi connectivity index (χ0n) is 17.9. The summed E-state index contributed by atoms with van der Waals surface area (Å²) in [6.07, 6.45) is 4.42. The van der Waals surface area contributed by atoms with Crippen molar-refractivity contribution in [1.29, 1.82) is 0 Å². The van der Waals surface area contributed by atoms with E-state index in [2.05, 4.69) is 9.88 Å². The monoisotopic (exact) mass is 420 g/mol. The number of rotatable bonds is 7. The molecule has 0 bridgehead atoms. The fourth-order valence-electron chi connectivity index (χ4n) is 4.03. The average Bonchev–Trinajstić information content (AvgIpc) is 2.83. The van der Waals surface area contributed by atoms with E-state index in [0.717, 1.165) is 31.7 Å². The number of piperazine rings is 1. The molecule has 2 aromatic heterocycles. The summed E-state index contributed by atoms with van der Waals surface area (Å²) in [4.78, 5) is 34.8. The molecule has 3 aromatic rings. The predicted molar refractivity (Wildman–Crippen MR) is 120 cm³/mol. The second kappa shape index (κ2) is 9.85. The topological polar surface area (TPSA) is 67.7 Å². The van der Waals surface area contributed by atoms with Gasteiger partial charge in [0.25, 0.3) is 11.5 Å². The molecule has 1 aliphatic rings. The molecule has 1 aromatic carbocycles. The SMILES string of the molecule is COCCn1cc(C(=O)N2CCN(CCc3ccccn3)CC2)c2ccccc2c1=O. The number of hydrogen-bond acceptors (Lipinski definition) is 5. The van der Waals surface area contributed by atoms with Crippen molar-refractivity contribution in [2.24, 2.45) is 0 Å². The summed E-state index contributed by atoms with van der Waals surface area (Å²) in [5, 5.41) is 1.28. The zero-order chi connectivity index (χ0) is 21.6. The molecule has 162 valence electrons. The molecule has 0 N–H and O–H groups in total. The van der Waals surface area contributed by atoms with Crippen LogP contribution in [0.5, 0.6) is 0 Å². The molecule has 3 heterocycles. The van der Waals surface area contributed by atoms with Gasteiger partial charge < -0.3 is 14.2 Å². The standard InChI is InChI=1S/C24H28N4O3/c1-31-17-16-28-18-22(20-7-2-3-8-21(20)23(28)29)24(30)27-14-12-26(13-15-27)11-9-19-6-4-5-10-25-19/h2-8,10,18H,9,11-17H2,1H3. The smallest absolute Gasteiger partial charge is 0.258 e. The molecule has 4 rings (SSSR count). The molecule has 1 amide bonds. The Morgan fingerprint density at radius 1 is 1.00 bits per heavy atom. The number of methoxy groups -OCH3 is 1. The summed E-state index contributed by atoms with van der Waals surface area (Å²) in [6, 6.07) is 13.3. The van der Waals surface area contributed by atoms with E-state index in [1.807, 2.05) is 47.5 Å². The molecule has 0 spiro atoms. The van der Waals surface area contributed by atoms with E-state index in [-0.39, 0.29) is 11.5 Å². The van der Waals surface area contributed by atoms with E-state index < -0.39 is 0 Å². The molecule has 0 radical (unpaired) electrons. The van der Waals surface area contributed by atoms with Crippen LogP contribution >= 0.6 is 0 Å². The molecule has 7 heteroatoms. The first-order valence-electron chi connectivity index (χ1n) is 10.7. The lowest BCUT2D eigenvalue weighted by molar-refractivity contribution is 0.0639. The van der Waals surface area contributed by atoms with Gasteiger partial charge in [0.15, 0.2) is 0 Å². The van der Waals surface area contributed by atoms with E-state index in [1.165, 1.54) is 0 Å². The highest BCUT2D eigenvalue weighted by molar-refractivity contribution is 6.06. The molecule has 0 atom stereocenters. The maximum absolute atomic E-state index is 13.4. The molecule has 7 nitrogen and oxygen atoms in total. The molecule has 0 unspecified atom stereocenters. The number of hydrogen-bond donors (Lipinski definition) is 0. The fourth-order valence-corrected chi connectivity index (χ4v) is 4.03. The predicted octanol–water partition coefficient (Wildman–Crippen LogP) is 2.04. The molecule has 1 fully saturated rings. The Labute approximate surface area is 181 Å². The number of amides is 1. The highest BCUT2D eigenvalue weighted by Gasteiger charge is 2.24. The lowest BCUT2D eigenvalue weighted by atomic mass is 10.1. The van der Waals surface area contributed by atoms with Crippen molar-refractivity contribution in [3.63, 3.8) is 0 Å². The summed E-state index contributed by atoms with van der Waals surface area (Å²) in [6.45, 7) is 4.78. The Bertz CT molecular complexity index is 1090. The van der Waals surface area contributed by atoms with Crippen molar-refractivity contribution >= 4 is 16.7 Å². The van der Waals surface area contributed by atoms with Crippen molar-refractivity contribution in [2.45, 2.75) is 13.0 Å². The maximum Gasteiger partial charge on any atom is 0.258 e. The lowest BCUT2D eigenvalue weighted by Gasteiger charge is -2.35. The van der Waals surface area contributed by atoms with E-state index in [0.29, 0.717) is 42.6 Å². The van der Waals surface area contributed by atoms with Gasteiger partial charge >= 0.3 is 0 Å². The molecule has 1 saturated heterocycles. The van der Waals surface area contributed by atoms with Crippen LogP contribution in [0.2, 0.25) is 0 Å². The van der Waals surface area contributed by atoms with Gasteiger partial charge in [0.05, 0.1) is 12.2 Å². The van der Waals surface area contributed by atoms with Crippen LogP contribution in [0.4, 0.5) is 0 Å². The second-order valence-corrected chi connectivity index (χ2v) is 7.78. The molecule has 31 heavy (non-hydrogen) atoms. The molecule has 1 aliphatic heterocycles. The Hall–Kier alpha value is -3.03. The number of ether oxygens (including phenoxy) is 1. The Morgan fingerprint density at radius 2 is 1.74 bits per heavy atom. The quantitative estimate of drug-likeness (QED) is 0.585. The van der Waals surface area contributed by atoms with Crippen LogP contribution in [0.15, 0.2) is 59.7 Å². The molecular formula is C24H28N4O3. The van der Waals surface area contributed by atoms with Crippen molar-refractivity contribution < 1.29 is 9.53 Å². The number of benzene rings is 1. The Kier molecular flexibility index (Phi) is 6.74. The third kappa shape index (κ3) is 4.84. The third-order valence-electron chi connectivity index (χ3n) is 5.83. The van der Waals surface area contributed by atoms with E-state index >= 15 is 0 Å². The summed E-state index contributed by atoms with van der Waals surface area (Å²) >= 11 is 0. The van der Waals surface area contributed by atoms with Gasteiger partial charge in [0, 0.05) is 81.7 Å². The summed E-state index contributed by atoms with van der Waals surface area (Å²) < 4.78 is 6.72. The van der Waals surface area contributed by atoms with Crippen molar-refractivity contribution in [2.75, 3.05) is 46.4 Å². The number of fused-ring (bicyclic) bond motifs is 1. The molecule has 0 aliphatic carbocycles. The first-order chi connectivity index (χ1) is 15.2. The Balaban J connectivity index is 1.47. The van der Waals surface area contributed by atoms with Gasteiger partial charge in [-0.3, -0.25) is 19.5 Å². The van der Waals surface area contributed by atoms with Crippen LogP contribution in [-0.4, -0.2) is 71.7 Å². The van der Waals surface area contributed by atoms with Crippen LogP contribution in [0.3, 0.4) is 0 Å². The lowest BCUT2D eigenvalue weighted by Crippen LogP contribution is -2.49. The minimum atomic E-state index is -0.0939. The van der Waals surface area contributed by atoms with Gasteiger partial charge in [-0.05, 0) is 18.2 Å². The fraction of sp³-hybridized carbons (Fsp3) is 0.375. The van der Waals surface area contributed by atoms with Gasteiger partial charge in [-0.15, -0.1) is 0 Å². The maximum atomic E-state index is 13.4. The first-order valence-corrected chi connectivity index (χ1v) is 10.7. The minimum Gasteiger partial charge on any atom is -0.383 e. The Morgan fingerprint density at radius 3 is 2.45 bits per heavy atom. The van der Waals surface area contributed by atoms with Crippen molar-refractivity contribution in [1.82, 2.24) is 19.4 Å². The average molecular weight is 421 g/mol. The molecule has 0 saturated carbocycles. The van der Waals surface area contributed by atoms with Gasteiger partial charge in [0.1, 0.15) is 0 Å². The minimum absolute atomic E-state index is 0.0215. The van der Waals surface area contributed by atoms with Gasteiger partial charge in [-0.1, -0.05) is 24.3 Å². The van der Waals surface area contributed by atoms with Crippen LogP contribution in [0.25, 0.3) is 10.8 Å². The van der Waals surface area contributed by atoms with Crippen LogP contribution in [-0.2, 0) is 17.7 Å². The largest absolute Gasteiger partial charge is 0.383 e. The van der Waals surface area contributed by atoms with Gasteiger partial charge in [-0.25, -0.2) is 0 Å². The number of carbonyl (C=O) groups excluding carboxylic acids is 1. The van der Waals surface area contributed by atoms with E-state index in [9.17, 15) is 9.59 Å². The van der Waals surface area contributed by atoms with Crippen LogP contribution in [0.1, 0.15) is 16.1 Å². The second-order valence-electron chi connectivity index (χ2n) is 7.78. The highest BCUT2D eigenvalue weighted by Crippen LogP contribution is 2.18. The summed E-state index contributed by atoms with van der Waals surface area (Å²) in [7, 11) is 1.60. The van der Waals surface area contributed by atoms with Gasteiger partial charge in [0.2, 0.25) is 0 Å². The van der Waals surface area contributed by atoms with Crippen molar-refractivity contribution in [3.05, 3.63) is 76.5 Å². The van der Waals surface area contributed by atoms with Gasteiger partial charge in [-0.2, -0.15) is 0 Å². The summed E-state index contributed by atoms with van der Waals surface area (Å²) in [5.74, 6) is -0.0215.